The van der Waals surface area contributed by atoms with Gasteiger partial charge in [0.2, 0.25) is 5.91 Å². The molecule has 0 bridgehead atoms. The molecule has 0 saturated carbocycles. The highest BCUT2D eigenvalue weighted by Gasteiger charge is 2.41. The number of carboxylic acid groups (broad SMARTS) is 1. The minimum Gasteiger partial charge on any atom is -0.481 e. The molecule has 0 radical (unpaired) electrons. The smallest absolute Gasteiger partial charge is 0.410 e. The third kappa shape index (κ3) is 6.11. The van der Waals surface area contributed by atoms with Crippen molar-refractivity contribution in [2.45, 2.75) is 71.8 Å². The van der Waals surface area contributed by atoms with Crippen molar-refractivity contribution in [1.29, 1.82) is 0 Å². The molecule has 2 aliphatic rings. The van der Waals surface area contributed by atoms with Crippen molar-refractivity contribution in [2.24, 2.45) is 11.3 Å². The fourth-order valence-corrected chi connectivity index (χ4v) is 4.03. The van der Waals surface area contributed by atoms with Crippen LogP contribution in [-0.4, -0.2) is 64.7 Å². The lowest BCUT2D eigenvalue weighted by molar-refractivity contribution is -0.153. The summed E-state index contributed by atoms with van der Waals surface area (Å²) in [6.07, 6.45) is 3.86. The lowest BCUT2D eigenvalue weighted by Crippen LogP contribution is -2.49. The lowest BCUT2D eigenvalue weighted by atomic mass is 9.78. The fourth-order valence-electron chi connectivity index (χ4n) is 4.03. The first-order valence-electron chi connectivity index (χ1n) is 9.99. The first-order valence-corrected chi connectivity index (χ1v) is 9.99. The highest BCUT2D eigenvalue weighted by atomic mass is 16.6. The number of carbonyl (C=O) groups excluding carboxylic acids is 2. The van der Waals surface area contributed by atoms with Crippen LogP contribution >= 0.6 is 0 Å². The van der Waals surface area contributed by atoms with E-state index in [-0.39, 0.29) is 18.4 Å². The van der Waals surface area contributed by atoms with Gasteiger partial charge in [0, 0.05) is 26.2 Å². The van der Waals surface area contributed by atoms with Crippen LogP contribution in [0.4, 0.5) is 4.79 Å². The van der Waals surface area contributed by atoms with Crippen LogP contribution in [0.15, 0.2) is 0 Å². The van der Waals surface area contributed by atoms with E-state index in [2.05, 4.69) is 0 Å². The molecule has 0 aromatic carbocycles. The van der Waals surface area contributed by atoms with Crippen LogP contribution in [0.5, 0.6) is 0 Å². The number of carboxylic acids is 1. The zero-order chi connectivity index (χ0) is 20.2. The normalized spacial score (nSPS) is 24.8. The average molecular weight is 383 g/mol. The van der Waals surface area contributed by atoms with E-state index in [0.29, 0.717) is 38.5 Å². The second-order valence-electron chi connectivity index (χ2n) is 9.23. The van der Waals surface area contributed by atoms with Gasteiger partial charge < -0.3 is 19.6 Å². The number of carbonyl (C=O) groups is 3. The van der Waals surface area contributed by atoms with E-state index in [0.717, 1.165) is 25.7 Å². The quantitative estimate of drug-likeness (QED) is 0.789. The van der Waals surface area contributed by atoms with E-state index >= 15 is 0 Å². The largest absolute Gasteiger partial charge is 0.481 e. The number of piperidine rings is 2. The summed E-state index contributed by atoms with van der Waals surface area (Å²) >= 11 is 0. The van der Waals surface area contributed by atoms with Gasteiger partial charge >= 0.3 is 12.1 Å². The van der Waals surface area contributed by atoms with Crippen LogP contribution in [0.2, 0.25) is 0 Å². The molecule has 0 aromatic rings. The zero-order valence-electron chi connectivity index (χ0n) is 17.1. The van der Waals surface area contributed by atoms with Crippen LogP contribution in [-0.2, 0) is 14.3 Å². The monoisotopic (exact) mass is 382 g/mol. The molecule has 0 spiro atoms. The summed E-state index contributed by atoms with van der Waals surface area (Å²) < 4.78 is 5.42. The summed E-state index contributed by atoms with van der Waals surface area (Å²) in [4.78, 5) is 39.5. The van der Waals surface area contributed by atoms with Gasteiger partial charge in [0.25, 0.3) is 0 Å². The van der Waals surface area contributed by atoms with Crippen LogP contribution in [0, 0.1) is 11.3 Å². The van der Waals surface area contributed by atoms with E-state index in [1.165, 1.54) is 0 Å². The number of ether oxygens (including phenoxy) is 1. The average Bonchev–Trinajstić information content (AvgIpc) is 2.54. The molecule has 2 aliphatic heterocycles. The molecule has 27 heavy (non-hydrogen) atoms. The van der Waals surface area contributed by atoms with Crippen LogP contribution in [0.3, 0.4) is 0 Å². The van der Waals surface area contributed by atoms with Gasteiger partial charge in [-0.15, -0.1) is 0 Å². The van der Waals surface area contributed by atoms with Gasteiger partial charge in [0.1, 0.15) is 5.60 Å². The Morgan fingerprint density at radius 3 is 2.41 bits per heavy atom. The summed E-state index contributed by atoms with van der Waals surface area (Å²) in [5.41, 5.74) is -1.25. The molecule has 2 fully saturated rings. The number of hydrogen-bond donors (Lipinski definition) is 1. The van der Waals surface area contributed by atoms with E-state index in [1.54, 1.807) is 11.8 Å². The second-order valence-corrected chi connectivity index (χ2v) is 9.23. The maximum absolute atomic E-state index is 12.7. The van der Waals surface area contributed by atoms with Crippen LogP contribution in [0.25, 0.3) is 0 Å². The molecule has 2 rings (SSSR count). The maximum atomic E-state index is 12.7. The summed E-state index contributed by atoms with van der Waals surface area (Å²) in [6, 6.07) is 0. The van der Waals surface area contributed by atoms with E-state index in [9.17, 15) is 14.4 Å². The molecule has 0 aromatic heterocycles. The lowest BCUT2D eigenvalue weighted by Gasteiger charge is -2.40. The summed E-state index contributed by atoms with van der Waals surface area (Å²) in [6.45, 7) is 10.1. The standard InChI is InChI=1S/C20H34N2O5/c1-19(2,3)27-18(26)22-12-7-15(8-13-22)6-11-21-10-5-9-20(4,17(21)25)14-16(23)24/h15H,5-14H2,1-4H3,(H,23,24)/t20-/m1/s1. The van der Waals surface area contributed by atoms with E-state index in [4.69, 9.17) is 9.84 Å². The van der Waals surface area contributed by atoms with Crippen molar-refractivity contribution in [3.63, 3.8) is 0 Å². The Balaban J connectivity index is 1.78. The van der Waals surface area contributed by atoms with Crippen molar-refractivity contribution in [2.75, 3.05) is 26.2 Å². The molecule has 7 nitrogen and oxygen atoms in total. The molecular formula is C20H34N2O5. The maximum Gasteiger partial charge on any atom is 0.410 e. The first kappa shape index (κ1) is 21.5. The van der Waals surface area contributed by atoms with E-state index < -0.39 is 17.0 Å². The number of hydrogen-bond acceptors (Lipinski definition) is 4. The molecule has 0 aliphatic carbocycles. The summed E-state index contributed by atoms with van der Waals surface area (Å²) in [5, 5.41) is 9.10. The molecule has 154 valence electrons. The van der Waals surface area contributed by atoms with Crippen LogP contribution < -0.4 is 0 Å². The molecule has 7 heteroatoms. The van der Waals surface area contributed by atoms with Gasteiger partial charge in [-0.3, -0.25) is 9.59 Å². The minimum absolute atomic E-state index is 0.0256. The molecule has 1 atom stereocenters. The van der Waals surface area contributed by atoms with Gasteiger partial charge in [-0.2, -0.15) is 0 Å². The SMILES string of the molecule is CC(C)(C)OC(=O)N1CCC(CCN2CCC[C@](C)(CC(=O)O)C2=O)CC1. The number of amides is 2. The molecule has 2 amide bonds. The Labute approximate surface area is 162 Å². The summed E-state index contributed by atoms with van der Waals surface area (Å²) in [7, 11) is 0. The Morgan fingerprint density at radius 2 is 1.85 bits per heavy atom. The Kier molecular flexibility index (Phi) is 6.76. The second kappa shape index (κ2) is 8.48. The van der Waals surface area contributed by atoms with Crippen molar-refractivity contribution in [3.8, 4) is 0 Å². The molecule has 2 heterocycles. The first-order chi connectivity index (χ1) is 12.5. The Morgan fingerprint density at radius 1 is 1.22 bits per heavy atom. The molecule has 1 N–H and O–H groups in total. The van der Waals surface area contributed by atoms with Gasteiger partial charge in [0.05, 0.1) is 11.8 Å². The van der Waals surface area contributed by atoms with Crippen molar-refractivity contribution in [3.05, 3.63) is 0 Å². The van der Waals surface area contributed by atoms with Gasteiger partial charge in [-0.05, 0) is 58.8 Å². The molecular weight excluding hydrogens is 348 g/mol. The predicted octanol–water partition coefficient (Wildman–Crippen LogP) is 3.13. The third-order valence-electron chi connectivity index (χ3n) is 5.57. The fraction of sp³-hybridized carbons (Fsp3) is 0.850. The topological polar surface area (TPSA) is 87.2 Å². The number of aliphatic carboxylic acids is 1. The highest BCUT2D eigenvalue weighted by molar-refractivity contribution is 5.87. The molecule has 0 unspecified atom stereocenters. The third-order valence-corrected chi connectivity index (χ3v) is 5.57. The van der Waals surface area contributed by atoms with Crippen molar-refractivity contribution >= 4 is 18.0 Å². The van der Waals surface area contributed by atoms with Gasteiger partial charge in [-0.25, -0.2) is 4.79 Å². The van der Waals surface area contributed by atoms with Crippen molar-refractivity contribution in [1.82, 2.24) is 9.80 Å². The Bertz CT molecular complexity index is 563. The summed E-state index contributed by atoms with van der Waals surface area (Å²) in [5.74, 6) is -0.464. The predicted molar refractivity (Wildman–Crippen MR) is 101 cm³/mol. The highest BCUT2D eigenvalue weighted by Crippen LogP contribution is 2.35. The Hall–Kier alpha value is -1.79. The van der Waals surface area contributed by atoms with Crippen molar-refractivity contribution < 1.29 is 24.2 Å². The van der Waals surface area contributed by atoms with E-state index in [1.807, 2.05) is 25.7 Å². The zero-order valence-corrected chi connectivity index (χ0v) is 17.1. The van der Waals surface area contributed by atoms with Gasteiger partial charge in [0.15, 0.2) is 0 Å². The number of likely N-dealkylation sites (tertiary alicyclic amines) is 2. The minimum atomic E-state index is -0.915. The molecule has 2 saturated heterocycles. The van der Waals surface area contributed by atoms with Crippen LogP contribution in [0.1, 0.15) is 66.2 Å². The number of rotatable bonds is 5. The number of nitrogens with zero attached hydrogens (tertiary/aromatic N) is 2. The van der Waals surface area contributed by atoms with Gasteiger partial charge in [-0.1, -0.05) is 6.92 Å².